The molecule has 0 saturated carbocycles. The molecular weight excluding hydrogens is 535 g/mol. The molecule has 0 aromatic heterocycles. The van der Waals surface area contributed by atoms with E-state index < -0.39 is 0 Å². The highest BCUT2D eigenvalue weighted by atomic mass is 16.7. The minimum atomic E-state index is -0.327. The van der Waals surface area contributed by atoms with Crippen LogP contribution in [-0.2, 0) is 9.31 Å². The molecule has 3 aliphatic rings. The van der Waals surface area contributed by atoms with Crippen LogP contribution in [0.15, 0.2) is 97.1 Å². The Kier molecular flexibility index (Phi) is 5.86. The Hall–Kier alpha value is -4.18. The van der Waals surface area contributed by atoms with Crippen molar-refractivity contribution in [2.45, 2.75) is 59.7 Å². The molecule has 1 aliphatic heterocycles. The quantitative estimate of drug-likeness (QED) is 0.182. The topological polar surface area (TPSA) is 18.5 Å². The highest BCUT2D eigenvalue weighted by Gasteiger charge is 2.52. The van der Waals surface area contributed by atoms with E-state index in [1.807, 2.05) is 0 Å². The van der Waals surface area contributed by atoms with Gasteiger partial charge < -0.3 is 9.31 Å². The summed E-state index contributed by atoms with van der Waals surface area (Å²) in [5.74, 6) is 0. The summed E-state index contributed by atoms with van der Waals surface area (Å²) in [7, 11) is -0.327. The van der Waals surface area contributed by atoms with Crippen LogP contribution in [0.5, 0.6) is 0 Å². The molecule has 2 aliphatic carbocycles. The molecule has 6 aromatic rings. The van der Waals surface area contributed by atoms with Crippen LogP contribution in [0, 0.1) is 20.8 Å². The molecule has 0 atom stereocenters. The molecular formula is C41H37BO2. The summed E-state index contributed by atoms with van der Waals surface area (Å²) in [4.78, 5) is 0. The molecule has 0 N–H and O–H groups in total. The van der Waals surface area contributed by atoms with Gasteiger partial charge in [0.1, 0.15) is 0 Å². The Bertz CT molecular complexity index is 2140. The van der Waals surface area contributed by atoms with E-state index in [-0.39, 0.29) is 18.3 Å². The Balaban J connectivity index is 0.000000140. The number of fused-ring (bicyclic) bond motifs is 6. The molecule has 0 spiro atoms. The Morgan fingerprint density at radius 3 is 1.41 bits per heavy atom. The van der Waals surface area contributed by atoms with Crippen molar-refractivity contribution in [3.63, 3.8) is 0 Å². The molecule has 44 heavy (non-hydrogen) atoms. The van der Waals surface area contributed by atoms with Gasteiger partial charge in [-0.3, -0.25) is 0 Å². The normalized spacial score (nSPS) is 16.2. The van der Waals surface area contributed by atoms with Gasteiger partial charge in [-0.2, -0.15) is 0 Å². The summed E-state index contributed by atoms with van der Waals surface area (Å²) >= 11 is 0. The van der Waals surface area contributed by atoms with Gasteiger partial charge in [-0.05, 0) is 131 Å². The van der Waals surface area contributed by atoms with E-state index in [2.05, 4.69) is 146 Å². The van der Waals surface area contributed by atoms with Crippen molar-refractivity contribution in [1.82, 2.24) is 0 Å². The van der Waals surface area contributed by atoms with Gasteiger partial charge in [0.2, 0.25) is 0 Å². The van der Waals surface area contributed by atoms with Gasteiger partial charge in [-0.1, -0.05) is 103 Å². The van der Waals surface area contributed by atoms with E-state index in [1.54, 1.807) is 0 Å². The number of rotatable bonds is 1. The van der Waals surface area contributed by atoms with Crippen LogP contribution < -0.4 is 5.46 Å². The summed E-state index contributed by atoms with van der Waals surface area (Å²) in [6.45, 7) is 15.0. The minimum Gasteiger partial charge on any atom is -0.399 e. The summed E-state index contributed by atoms with van der Waals surface area (Å²) in [6.07, 6.45) is 0. The first-order valence-electron chi connectivity index (χ1n) is 15.7. The van der Waals surface area contributed by atoms with Gasteiger partial charge in [-0.25, -0.2) is 0 Å². The average molecular weight is 573 g/mol. The number of aryl methyl sites for hydroxylation is 3. The zero-order chi connectivity index (χ0) is 30.5. The fourth-order valence-electron chi connectivity index (χ4n) is 7.59. The molecule has 2 nitrogen and oxygen atoms in total. The molecule has 0 unspecified atom stereocenters. The maximum atomic E-state index is 6.29. The van der Waals surface area contributed by atoms with Crippen molar-refractivity contribution in [3.8, 4) is 44.5 Å². The predicted octanol–water partition coefficient (Wildman–Crippen LogP) is 10.2. The third kappa shape index (κ3) is 3.89. The van der Waals surface area contributed by atoms with Crippen LogP contribution in [0.1, 0.15) is 44.4 Å². The van der Waals surface area contributed by atoms with Crippen LogP contribution in [0.3, 0.4) is 0 Å². The third-order valence-electron chi connectivity index (χ3n) is 10.3. The van der Waals surface area contributed by atoms with Crippen molar-refractivity contribution in [2.75, 3.05) is 0 Å². The van der Waals surface area contributed by atoms with Gasteiger partial charge in [0.15, 0.2) is 0 Å². The van der Waals surface area contributed by atoms with Crippen LogP contribution >= 0.6 is 0 Å². The first-order valence-corrected chi connectivity index (χ1v) is 15.7. The Morgan fingerprint density at radius 2 is 0.909 bits per heavy atom. The molecule has 0 radical (unpaired) electrons. The van der Waals surface area contributed by atoms with Crippen LogP contribution in [0.25, 0.3) is 66.1 Å². The zero-order valence-electron chi connectivity index (χ0n) is 26.6. The largest absolute Gasteiger partial charge is 0.494 e. The second kappa shape index (κ2) is 9.41. The number of hydrogen-bond donors (Lipinski definition) is 0. The SMILES string of the molecule is Cc1cc(B2OC(C)(C)C(C)(C)O2)cc2c1-c1cccc3cccc-2c13.Cc1cc(C)c2c(c1)-c1cccc3cccc-2c13. The van der Waals surface area contributed by atoms with Gasteiger partial charge in [0.05, 0.1) is 11.2 Å². The Labute approximate surface area is 260 Å². The first-order chi connectivity index (χ1) is 21.0. The molecule has 1 fully saturated rings. The van der Waals surface area contributed by atoms with Crippen LogP contribution in [0.2, 0.25) is 0 Å². The Morgan fingerprint density at radius 1 is 0.477 bits per heavy atom. The lowest BCUT2D eigenvalue weighted by Crippen LogP contribution is -2.41. The molecule has 0 bridgehead atoms. The van der Waals surface area contributed by atoms with Crippen LogP contribution in [0.4, 0.5) is 0 Å². The van der Waals surface area contributed by atoms with Gasteiger partial charge in [0, 0.05) is 0 Å². The molecule has 0 amide bonds. The molecule has 1 heterocycles. The van der Waals surface area contributed by atoms with E-state index in [9.17, 15) is 0 Å². The lowest BCUT2D eigenvalue weighted by atomic mass is 9.76. The lowest BCUT2D eigenvalue weighted by molar-refractivity contribution is 0.00578. The third-order valence-corrected chi connectivity index (χ3v) is 10.3. The number of hydrogen-bond acceptors (Lipinski definition) is 2. The molecule has 6 aromatic carbocycles. The van der Waals surface area contributed by atoms with Gasteiger partial charge >= 0.3 is 7.12 Å². The molecule has 3 heteroatoms. The van der Waals surface area contributed by atoms with Crippen molar-refractivity contribution >= 4 is 34.1 Å². The lowest BCUT2D eigenvalue weighted by Gasteiger charge is -2.32. The van der Waals surface area contributed by atoms with Gasteiger partial charge in [0.25, 0.3) is 0 Å². The fourth-order valence-corrected chi connectivity index (χ4v) is 7.59. The zero-order valence-corrected chi connectivity index (χ0v) is 26.6. The second-order valence-electron chi connectivity index (χ2n) is 13.8. The molecule has 9 rings (SSSR count). The minimum absolute atomic E-state index is 0.326. The van der Waals surface area contributed by atoms with Gasteiger partial charge in [-0.15, -0.1) is 0 Å². The monoisotopic (exact) mass is 572 g/mol. The van der Waals surface area contributed by atoms with E-state index in [0.717, 1.165) is 5.46 Å². The van der Waals surface area contributed by atoms with Crippen LogP contribution in [-0.4, -0.2) is 18.3 Å². The standard InChI is InChI=1S/C23H23BO2.C18H14/c1-14-12-16(24-25-22(2,3)23(4,5)26-24)13-19-17-10-6-8-15-9-7-11-18(20(14)19)21(15)17;1-11-9-12(2)17-15-8-4-6-13-5-3-7-14(18(13)15)16(17)10-11/h6-13H,1-5H3;3-10H,1-2H3. The highest BCUT2D eigenvalue weighted by molar-refractivity contribution is 6.62. The maximum absolute atomic E-state index is 6.29. The summed E-state index contributed by atoms with van der Waals surface area (Å²) in [5.41, 5.74) is 15.4. The second-order valence-corrected chi connectivity index (χ2v) is 13.8. The predicted molar refractivity (Wildman–Crippen MR) is 187 cm³/mol. The maximum Gasteiger partial charge on any atom is 0.494 e. The molecule has 216 valence electrons. The van der Waals surface area contributed by atoms with Crippen molar-refractivity contribution in [3.05, 3.63) is 114 Å². The van der Waals surface area contributed by atoms with Crippen molar-refractivity contribution in [1.29, 1.82) is 0 Å². The summed E-state index contributed by atoms with van der Waals surface area (Å²) in [6, 6.07) is 35.5. The van der Waals surface area contributed by atoms with E-state index in [0.29, 0.717) is 0 Å². The van der Waals surface area contributed by atoms with E-state index in [1.165, 1.54) is 82.7 Å². The smallest absolute Gasteiger partial charge is 0.399 e. The van der Waals surface area contributed by atoms with E-state index in [4.69, 9.17) is 9.31 Å². The fraction of sp³-hybridized carbons (Fsp3) is 0.220. The highest BCUT2D eigenvalue weighted by Crippen LogP contribution is 2.50. The summed E-state index contributed by atoms with van der Waals surface area (Å²) in [5, 5.41) is 5.42. The van der Waals surface area contributed by atoms with Crippen molar-refractivity contribution < 1.29 is 9.31 Å². The molecule has 1 saturated heterocycles. The first kappa shape index (κ1) is 27.4. The number of benzene rings is 6. The summed E-state index contributed by atoms with van der Waals surface area (Å²) < 4.78 is 12.6. The van der Waals surface area contributed by atoms with Crippen molar-refractivity contribution in [2.24, 2.45) is 0 Å². The average Bonchev–Trinajstić information content (AvgIpc) is 3.56. The van der Waals surface area contributed by atoms with E-state index >= 15 is 0 Å².